The number of amides is 1. The number of fused-ring (bicyclic) bond motifs is 1. The summed E-state index contributed by atoms with van der Waals surface area (Å²) in [5.41, 5.74) is 2.25. The highest BCUT2D eigenvalue weighted by molar-refractivity contribution is 7.89. The molecule has 0 bridgehead atoms. The summed E-state index contributed by atoms with van der Waals surface area (Å²) in [5, 5.41) is 3.03. The second-order valence-corrected chi connectivity index (χ2v) is 11.0. The first-order chi connectivity index (χ1) is 16.5. The van der Waals surface area contributed by atoms with E-state index in [2.05, 4.69) is 38.0 Å². The van der Waals surface area contributed by atoms with E-state index in [0.717, 1.165) is 37.8 Å². The number of benzene rings is 2. The summed E-state index contributed by atoms with van der Waals surface area (Å²) in [4.78, 5) is 15.3. The Balaban J connectivity index is 1.29. The molecular weight excluding hydrogens is 470 g/mol. The van der Waals surface area contributed by atoms with Crippen LogP contribution in [0.15, 0.2) is 53.4 Å². The number of rotatable bonds is 10. The number of hydrogen-bond acceptors (Lipinski definition) is 7. The molecule has 1 fully saturated rings. The van der Waals surface area contributed by atoms with Gasteiger partial charge in [0.2, 0.25) is 15.9 Å². The highest BCUT2D eigenvalue weighted by atomic mass is 32.2. The fourth-order valence-corrected chi connectivity index (χ4v) is 6.63. The van der Waals surface area contributed by atoms with Gasteiger partial charge in [-0.25, -0.2) is 8.42 Å². The molecule has 1 N–H and O–H groups in total. The van der Waals surface area contributed by atoms with Gasteiger partial charge in [0.15, 0.2) is 0 Å². The van der Waals surface area contributed by atoms with E-state index in [1.807, 2.05) is 18.2 Å². The molecule has 1 aliphatic heterocycles. The number of nitrogens with zero attached hydrogens (tertiary/aromatic N) is 4. The largest absolute Gasteiger partial charge is 0.356 e. The van der Waals surface area contributed by atoms with Crippen LogP contribution in [0, 0.1) is 5.92 Å². The lowest BCUT2D eigenvalue weighted by molar-refractivity contribution is -0.126. The van der Waals surface area contributed by atoms with Gasteiger partial charge in [0.25, 0.3) is 0 Å². The molecule has 2 aromatic carbocycles. The molecule has 34 heavy (non-hydrogen) atoms. The summed E-state index contributed by atoms with van der Waals surface area (Å²) < 4.78 is 36.4. The number of hydrogen-bond donors (Lipinski definition) is 1. The van der Waals surface area contributed by atoms with E-state index < -0.39 is 10.0 Å². The fourth-order valence-electron chi connectivity index (χ4n) is 4.35. The molecule has 182 valence electrons. The van der Waals surface area contributed by atoms with Crippen molar-refractivity contribution in [2.24, 2.45) is 5.92 Å². The summed E-state index contributed by atoms with van der Waals surface area (Å²) >= 11 is 1.000. The Bertz CT molecular complexity index is 1200. The van der Waals surface area contributed by atoms with Crippen LogP contribution in [0.3, 0.4) is 0 Å². The van der Waals surface area contributed by atoms with Gasteiger partial charge in [0.05, 0.1) is 17.6 Å². The van der Waals surface area contributed by atoms with E-state index in [-0.39, 0.29) is 23.3 Å². The van der Waals surface area contributed by atoms with Crippen molar-refractivity contribution in [2.45, 2.75) is 37.6 Å². The highest BCUT2D eigenvalue weighted by Gasteiger charge is 2.34. The molecule has 0 radical (unpaired) electrons. The number of aromatic nitrogens is 2. The minimum Gasteiger partial charge on any atom is -0.356 e. The first-order valence-electron chi connectivity index (χ1n) is 11.7. The molecule has 0 spiro atoms. The van der Waals surface area contributed by atoms with Gasteiger partial charge in [-0.05, 0) is 43.5 Å². The van der Waals surface area contributed by atoms with Crippen LogP contribution in [0.25, 0.3) is 11.0 Å². The molecule has 1 atom stereocenters. The van der Waals surface area contributed by atoms with E-state index in [9.17, 15) is 13.2 Å². The molecule has 0 unspecified atom stereocenters. The van der Waals surface area contributed by atoms with Crippen molar-refractivity contribution in [1.82, 2.24) is 23.3 Å². The Labute approximate surface area is 205 Å². The number of nitrogens with one attached hydrogen (secondary N) is 1. The quantitative estimate of drug-likeness (QED) is 0.429. The summed E-state index contributed by atoms with van der Waals surface area (Å²) in [6, 6.07) is 15.4. The van der Waals surface area contributed by atoms with Crippen LogP contribution >= 0.6 is 11.7 Å². The van der Waals surface area contributed by atoms with Gasteiger partial charge >= 0.3 is 0 Å². The van der Waals surface area contributed by atoms with Crippen LogP contribution in [-0.2, 0) is 21.4 Å². The van der Waals surface area contributed by atoms with E-state index in [0.29, 0.717) is 37.0 Å². The van der Waals surface area contributed by atoms with Crippen LogP contribution in [0.5, 0.6) is 0 Å². The normalized spacial score (nSPS) is 17.3. The number of sulfonamides is 1. The van der Waals surface area contributed by atoms with Crippen molar-refractivity contribution in [1.29, 1.82) is 0 Å². The van der Waals surface area contributed by atoms with Crippen molar-refractivity contribution in [3.63, 3.8) is 0 Å². The van der Waals surface area contributed by atoms with Crippen molar-refractivity contribution in [2.75, 3.05) is 32.7 Å². The third kappa shape index (κ3) is 5.80. The minimum atomic E-state index is -3.74. The predicted molar refractivity (Wildman–Crippen MR) is 134 cm³/mol. The molecule has 1 aromatic heterocycles. The summed E-state index contributed by atoms with van der Waals surface area (Å²) in [7, 11) is -3.74. The number of piperidine rings is 1. The number of carbonyl (C=O) groups is 1. The zero-order chi connectivity index (χ0) is 24.0. The van der Waals surface area contributed by atoms with Crippen molar-refractivity contribution in [3.05, 3.63) is 54.1 Å². The molecule has 1 aliphatic rings. The maximum Gasteiger partial charge on any atom is 0.245 e. The third-order valence-electron chi connectivity index (χ3n) is 6.27. The van der Waals surface area contributed by atoms with Gasteiger partial charge in [-0.3, -0.25) is 9.69 Å². The lowest BCUT2D eigenvalue weighted by Gasteiger charge is -2.31. The van der Waals surface area contributed by atoms with Gasteiger partial charge in [-0.2, -0.15) is 13.1 Å². The molecule has 4 rings (SSSR count). The molecule has 1 amide bonds. The lowest BCUT2D eigenvalue weighted by Crippen LogP contribution is -2.45. The Morgan fingerprint density at radius 2 is 2.00 bits per heavy atom. The third-order valence-corrected chi connectivity index (χ3v) is 8.71. The van der Waals surface area contributed by atoms with Crippen molar-refractivity contribution < 1.29 is 13.2 Å². The molecule has 0 aliphatic carbocycles. The molecule has 2 heterocycles. The summed E-state index contributed by atoms with van der Waals surface area (Å²) in [5.74, 6) is -0.414. The predicted octanol–water partition coefficient (Wildman–Crippen LogP) is 3.12. The van der Waals surface area contributed by atoms with Gasteiger partial charge in [-0.15, -0.1) is 0 Å². The average Bonchev–Trinajstić information content (AvgIpc) is 3.35. The first kappa shape index (κ1) is 24.7. The van der Waals surface area contributed by atoms with Crippen LogP contribution < -0.4 is 5.32 Å². The zero-order valence-electron chi connectivity index (χ0n) is 19.4. The van der Waals surface area contributed by atoms with Crippen LogP contribution in [-0.4, -0.2) is 65.0 Å². The molecule has 10 heteroatoms. The molecular formula is C24H31N5O3S2. The Hall–Kier alpha value is -2.40. The topological polar surface area (TPSA) is 95.5 Å². The zero-order valence-corrected chi connectivity index (χ0v) is 21.0. The Morgan fingerprint density at radius 3 is 2.79 bits per heavy atom. The van der Waals surface area contributed by atoms with Gasteiger partial charge < -0.3 is 5.32 Å². The van der Waals surface area contributed by atoms with E-state index in [4.69, 9.17) is 0 Å². The van der Waals surface area contributed by atoms with Crippen LogP contribution in [0.4, 0.5) is 0 Å². The summed E-state index contributed by atoms with van der Waals surface area (Å²) in [6.45, 7) is 6.05. The Morgan fingerprint density at radius 1 is 1.18 bits per heavy atom. The molecule has 3 aromatic rings. The molecule has 1 saturated heterocycles. The van der Waals surface area contributed by atoms with E-state index >= 15 is 0 Å². The first-order valence-corrected chi connectivity index (χ1v) is 13.9. The van der Waals surface area contributed by atoms with E-state index in [1.54, 1.807) is 18.2 Å². The highest BCUT2D eigenvalue weighted by Crippen LogP contribution is 2.28. The van der Waals surface area contributed by atoms with E-state index in [1.165, 1.54) is 9.87 Å². The van der Waals surface area contributed by atoms with Crippen LogP contribution in [0.2, 0.25) is 0 Å². The molecule has 0 saturated carbocycles. The van der Waals surface area contributed by atoms with Gasteiger partial charge in [0.1, 0.15) is 15.9 Å². The van der Waals surface area contributed by atoms with Gasteiger partial charge in [-0.1, -0.05) is 43.3 Å². The Kier molecular flexibility index (Phi) is 8.25. The fraction of sp³-hybridized carbons (Fsp3) is 0.458. The van der Waals surface area contributed by atoms with Crippen LogP contribution in [0.1, 0.15) is 31.7 Å². The smallest absolute Gasteiger partial charge is 0.245 e. The standard InChI is InChI=1S/C24H31N5O3S2/c1-2-28(17-19-9-4-3-5-10-19)15-8-14-25-24(30)20-11-7-16-29(18-20)34(31,32)22-13-6-12-21-23(22)27-33-26-21/h3-6,9-10,12-13,20H,2,7-8,11,14-18H2,1H3,(H,25,30)/t20-/m0/s1. The minimum absolute atomic E-state index is 0.0699. The second kappa shape index (κ2) is 11.4. The maximum absolute atomic E-state index is 13.3. The monoisotopic (exact) mass is 501 g/mol. The van der Waals surface area contributed by atoms with Crippen molar-refractivity contribution in [3.8, 4) is 0 Å². The SMILES string of the molecule is CCN(CCCNC(=O)[C@H]1CCCN(S(=O)(=O)c2cccc3nsnc23)C1)Cc1ccccc1. The molecule has 8 nitrogen and oxygen atoms in total. The second-order valence-electron chi connectivity index (χ2n) is 8.59. The van der Waals surface area contributed by atoms with Crippen molar-refractivity contribution >= 4 is 38.7 Å². The summed E-state index contributed by atoms with van der Waals surface area (Å²) in [6.07, 6.45) is 2.19. The lowest BCUT2D eigenvalue weighted by atomic mass is 9.99. The average molecular weight is 502 g/mol. The number of carbonyl (C=O) groups excluding carboxylic acids is 1. The van der Waals surface area contributed by atoms with Gasteiger partial charge in [0, 0.05) is 32.7 Å². The maximum atomic E-state index is 13.3.